The van der Waals surface area contributed by atoms with E-state index in [0.29, 0.717) is 5.95 Å². The maximum absolute atomic E-state index is 13.5. The SMILES string of the molecule is O=S(=O)(Nc1nc2n(n1)[C@@H](c1ccc(F)cc1)C=C(c1ccccc1)N2)c1ccccc1. The lowest BCUT2D eigenvalue weighted by molar-refractivity contribution is 0.597. The second kappa shape index (κ2) is 7.93. The Kier molecular flexibility index (Phi) is 4.95. The van der Waals surface area contributed by atoms with Gasteiger partial charge < -0.3 is 5.32 Å². The van der Waals surface area contributed by atoms with Gasteiger partial charge in [0.2, 0.25) is 5.95 Å². The third kappa shape index (κ3) is 3.85. The zero-order valence-corrected chi connectivity index (χ0v) is 17.5. The summed E-state index contributed by atoms with van der Waals surface area (Å²) in [5.74, 6) is -0.0392. The largest absolute Gasteiger partial charge is 0.324 e. The first-order valence-corrected chi connectivity index (χ1v) is 11.3. The number of halogens is 1. The average molecular weight is 447 g/mol. The van der Waals surface area contributed by atoms with Gasteiger partial charge in [0.05, 0.1) is 4.90 Å². The van der Waals surface area contributed by atoms with Crippen molar-refractivity contribution in [2.45, 2.75) is 10.9 Å². The number of sulfonamides is 1. The molecule has 0 aliphatic carbocycles. The number of anilines is 2. The van der Waals surface area contributed by atoms with E-state index in [-0.39, 0.29) is 16.7 Å². The second-order valence-corrected chi connectivity index (χ2v) is 8.87. The number of rotatable bonds is 5. The molecule has 4 aromatic rings. The topological polar surface area (TPSA) is 88.9 Å². The minimum atomic E-state index is -3.85. The molecule has 0 spiro atoms. The highest BCUT2D eigenvalue weighted by atomic mass is 32.2. The highest BCUT2D eigenvalue weighted by Crippen LogP contribution is 2.33. The molecule has 5 rings (SSSR count). The van der Waals surface area contributed by atoms with Crippen LogP contribution in [0.4, 0.5) is 16.3 Å². The lowest BCUT2D eigenvalue weighted by Gasteiger charge is -2.24. The van der Waals surface area contributed by atoms with Crippen LogP contribution in [-0.4, -0.2) is 23.2 Å². The van der Waals surface area contributed by atoms with Gasteiger partial charge in [-0.15, -0.1) is 5.10 Å². The molecular weight excluding hydrogens is 429 g/mol. The van der Waals surface area contributed by atoms with E-state index in [2.05, 4.69) is 20.1 Å². The standard InChI is InChI=1S/C23H18FN5O2S/c24-18-13-11-17(12-14-18)21-15-20(16-7-3-1-4-8-16)25-23-26-22(27-29(21)23)28-32(30,31)19-9-5-2-6-10-19/h1-15,21H,(H2,25,26,27,28)/t21-/m1/s1. The third-order valence-corrected chi connectivity index (χ3v) is 6.39. The van der Waals surface area contributed by atoms with Crippen LogP contribution >= 0.6 is 0 Å². The monoisotopic (exact) mass is 447 g/mol. The predicted octanol–water partition coefficient (Wildman–Crippen LogP) is 4.27. The van der Waals surface area contributed by atoms with E-state index < -0.39 is 16.1 Å². The third-order valence-electron chi connectivity index (χ3n) is 5.04. The Morgan fingerprint density at radius 2 is 1.56 bits per heavy atom. The summed E-state index contributed by atoms with van der Waals surface area (Å²) in [5.41, 5.74) is 2.50. The molecule has 3 aromatic carbocycles. The van der Waals surface area contributed by atoms with Gasteiger partial charge in [0.25, 0.3) is 16.0 Å². The van der Waals surface area contributed by atoms with Crippen molar-refractivity contribution in [2.75, 3.05) is 10.0 Å². The van der Waals surface area contributed by atoms with E-state index in [1.54, 1.807) is 35.0 Å². The molecule has 0 saturated heterocycles. The van der Waals surface area contributed by atoms with E-state index in [9.17, 15) is 12.8 Å². The first-order chi connectivity index (χ1) is 15.5. The fourth-order valence-corrected chi connectivity index (χ4v) is 4.46. The van der Waals surface area contributed by atoms with E-state index in [4.69, 9.17) is 0 Å². The van der Waals surface area contributed by atoms with Crippen molar-refractivity contribution in [3.8, 4) is 0 Å². The molecule has 1 aromatic heterocycles. The Bertz CT molecular complexity index is 1390. The zero-order chi connectivity index (χ0) is 22.1. The first-order valence-electron chi connectivity index (χ1n) is 9.84. The van der Waals surface area contributed by atoms with Gasteiger partial charge in [-0.1, -0.05) is 60.7 Å². The molecule has 0 saturated carbocycles. The van der Waals surface area contributed by atoms with Crippen molar-refractivity contribution in [1.29, 1.82) is 0 Å². The fraction of sp³-hybridized carbons (Fsp3) is 0.0435. The minimum absolute atomic E-state index is 0.0637. The van der Waals surface area contributed by atoms with Crippen LogP contribution in [-0.2, 0) is 10.0 Å². The average Bonchev–Trinajstić information content (AvgIpc) is 3.22. The number of fused-ring (bicyclic) bond motifs is 1. The second-order valence-electron chi connectivity index (χ2n) is 7.19. The maximum Gasteiger partial charge on any atom is 0.264 e. The molecule has 0 amide bonds. The van der Waals surface area contributed by atoms with Gasteiger partial charge in [0, 0.05) is 5.70 Å². The highest BCUT2D eigenvalue weighted by Gasteiger charge is 2.27. The van der Waals surface area contributed by atoms with Crippen LogP contribution in [0.25, 0.3) is 5.70 Å². The van der Waals surface area contributed by atoms with Crippen molar-refractivity contribution in [2.24, 2.45) is 0 Å². The normalized spacial score (nSPS) is 15.4. The highest BCUT2D eigenvalue weighted by molar-refractivity contribution is 7.92. The predicted molar refractivity (Wildman–Crippen MR) is 120 cm³/mol. The molecule has 9 heteroatoms. The fourth-order valence-electron chi connectivity index (χ4n) is 3.50. The van der Waals surface area contributed by atoms with Gasteiger partial charge in [0.1, 0.15) is 11.9 Å². The lowest BCUT2D eigenvalue weighted by Crippen LogP contribution is -2.20. The molecule has 0 radical (unpaired) electrons. The van der Waals surface area contributed by atoms with Crippen molar-refractivity contribution < 1.29 is 12.8 Å². The van der Waals surface area contributed by atoms with Crippen molar-refractivity contribution >= 4 is 27.6 Å². The molecule has 2 N–H and O–H groups in total. The molecule has 0 unspecified atom stereocenters. The summed E-state index contributed by atoms with van der Waals surface area (Å²) in [7, 11) is -3.85. The van der Waals surface area contributed by atoms with Crippen LogP contribution in [0.3, 0.4) is 0 Å². The zero-order valence-electron chi connectivity index (χ0n) is 16.7. The molecule has 0 bridgehead atoms. The minimum Gasteiger partial charge on any atom is -0.324 e. The van der Waals surface area contributed by atoms with Crippen LogP contribution in [0.1, 0.15) is 17.2 Å². The van der Waals surface area contributed by atoms with Crippen LogP contribution in [0, 0.1) is 5.82 Å². The molecule has 32 heavy (non-hydrogen) atoms. The van der Waals surface area contributed by atoms with E-state index in [1.165, 1.54) is 24.3 Å². The Morgan fingerprint density at radius 3 is 2.25 bits per heavy atom. The van der Waals surface area contributed by atoms with Gasteiger partial charge in [-0.25, -0.2) is 22.2 Å². The molecule has 7 nitrogen and oxygen atoms in total. The van der Waals surface area contributed by atoms with Crippen molar-refractivity contribution in [3.05, 3.63) is 108 Å². The van der Waals surface area contributed by atoms with Crippen LogP contribution in [0.5, 0.6) is 0 Å². The van der Waals surface area contributed by atoms with E-state index >= 15 is 0 Å². The molecule has 0 fully saturated rings. The smallest absolute Gasteiger partial charge is 0.264 e. The Hall–Kier alpha value is -3.98. The van der Waals surface area contributed by atoms with Crippen LogP contribution in [0.15, 0.2) is 95.9 Å². The number of aromatic nitrogens is 3. The maximum atomic E-state index is 13.5. The summed E-state index contributed by atoms with van der Waals surface area (Å²) in [5, 5.41) is 7.60. The van der Waals surface area contributed by atoms with E-state index in [0.717, 1.165) is 16.8 Å². The number of hydrogen-bond acceptors (Lipinski definition) is 5. The number of benzene rings is 3. The Labute approximate surface area is 184 Å². The summed E-state index contributed by atoms with van der Waals surface area (Å²) < 4.78 is 42.9. The number of nitrogens with zero attached hydrogens (tertiary/aromatic N) is 3. The Morgan fingerprint density at radius 1 is 0.906 bits per heavy atom. The number of hydrogen-bond donors (Lipinski definition) is 2. The molecule has 160 valence electrons. The summed E-state index contributed by atoms with van der Waals surface area (Å²) in [4.78, 5) is 4.48. The van der Waals surface area contributed by atoms with Gasteiger partial charge >= 0.3 is 0 Å². The van der Waals surface area contributed by atoms with Gasteiger partial charge in [0.15, 0.2) is 0 Å². The van der Waals surface area contributed by atoms with Crippen molar-refractivity contribution in [1.82, 2.24) is 14.8 Å². The summed E-state index contributed by atoms with van der Waals surface area (Å²) in [6.45, 7) is 0. The first kappa shape index (κ1) is 20.0. The van der Waals surface area contributed by atoms with Crippen LogP contribution < -0.4 is 10.0 Å². The van der Waals surface area contributed by atoms with Gasteiger partial charge in [-0.2, -0.15) is 4.98 Å². The number of nitrogens with one attached hydrogen (secondary N) is 2. The number of allylic oxidation sites excluding steroid dienone is 1. The summed E-state index contributed by atoms with van der Waals surface area (Å²) in [6, 6.07) is 23.3. The molecular formula is C23H18FN5O2S. The Balaban J connectivity index is 1.55. The van der Waals surface area contributed by atoms with Crippen LogP contribution in [0.2, 0.25) is 0 Å². The summed E-state index contributed by atoms with van der Waals surface area (Å²) >= 11 is 0. The summed E-state index contributed by atoms with van der Waals surface area (Å²) in [6.07, 6.45) is 1.94. The molecule has 2 heterocycles. The quantitative estimate of drug-likeness (QED) is 0.477. The molecule has 1 atom stereocenters. The lowest BCUT2D eigenvalue weighted by atomic mass is 10.0. The van der Waals surface area contributed by atoms with Gasteiger partial charge in [-0.3, -0.25) is 0 Å². The molecule has 1 aliphatic heterocycles. The van der Waals surface area contributed by atoms with Gasteiger partial charge in [-0.05, 0) is 41.5 Å². The van der Waals surface area contributed by atoms with E-state index in [1.807, 2.05) is 36.4 Å². The van der Waals surface area contributed by atoms with Crippen molar-refractivity contribution in [3.63, 3.8) is 0 Å². The molecule has 1 aliphatic rings.